The van der Waals surface area contributed by atoms with E-state index in [9.17, 15) is 0 Å². The maximum Gasteiger partial charge on any atom is 0.257 e. The van der Waals surface area contributed by atoms with Crippen LogP contribution in [0.4, 0.5) is 0 Å². The summed E-state index contributed by atoms with van der Waals surface area (Å²) in [5.41, 5.74) is 8.51. The van der Waals surface area contributed by atoms with Gasteiger partial charge in [0.1, 0.15) is 12.8 Å². The predicted octanol–water partition coefficient (Wildman–Crippen LogP) is 9.01. The van der Waals surface area contributed by atoms with Crippen molar-refractivity contribution in [2.75, 3.05) is 0 Å². The molecule has 0 amide bonds. The molecule has 1 aliphatic carbocycles. The van der Waals surface area contributed by atoms with Crippen LogP contribution in [-0.2, 0) is 7.05 Å². The molecule has 2 nitrogen and oxygen atoms in total. The van der Waals surface area contributed by atoms with Gasteiger partial charge < -0.3 is 4.74 Å². The average Bonchev–Trinajstić information content (AvgIpc) is 2.81. The van der Waals surface area contributed by atoms with E-state index in [0.29, 0.717) is 17.3 Å². The number of hydrogen-bond donors (Lipinski definition) is 0. The molecule has 3 aromatic carbocycles. The molecule has 6 rings (SSSR count). The van der Waals surface area contributed by atoms with E-state index in [-0.39, 0.29) is 0 Å². The minimum atomic E-state index is 0.455. The normalized spacial score (nSPS) is 17.1. The number of aryl methyl sites for hydroxylation is 2. The fourth-order valence-electron chi connectivity index (χ4n) is 6.41. The van der Waals surface area contributed by atoms with Crippen molar-refractivity contribution in [3.63, 3.8) is 0 Å². The van der Waals surface area contributed by atoms with Gasteiger partial charge in [-0.15, -0.1) is 0 Å². The van der Waals surface area contributed by atoms with Crippen molar-refractivity contribution >= 4 is 21.5 Å². The fourth-order valence-corrected chi connectivity index (χ4v) is 6.41. The van der Waals surface area contributed by atoms with Crippen molar-refractivity contribution in [1.82, 2.24) is 0 Å². The van der Waals surface area contributed by atoms with E-state index in [2.05, 4.69) is 95.8 Å². The molecule has 4 aromatic rings. The van der Waals surface area contributed by atoms with Crippen LogP contribution in [0.15, 0.2) is 42.6 Å². The number of nitrogens with zero attached hydrogens (tertiary/aromatic N) is 1. The van der Waals surface area contributed by atoms with E-state index in [1.807, 2.05) is 0 Å². The van der Waals surface area contributed by atoms with Gasteiger partial charge in [-0.1, -0.05) is 45.9 Å². The third-order valence-electron chi connectivity index (χ3n) is 8.89. The molecule has 0 N–H and O–H groups in total. The number of hydrogen-bond acceptors (Lipinski definition) is 1. The van der Waals surface area contributed by atoms with E-state index in [4.69, 9.17) is 4.74 Å². The summed E-state index contributed by atoms with van der Waals surface area (Å²) >= 11 is 0. The monoisotopic (exact) mass is 464 g/mol. The summed E-state index contributed by atoms with van der Waals surface area (Å²) in [6.45, 7) is 13.9. The Morgan fingerprint density at radius 1 is 0.971 bits per heavy atom. The van der Waals surface area contributed by atoms with Gasteiger partial charge >= 0.3 is 0 Å². The summed E-state index contributed by atoms with van der Waals surface area (Å²) in [5.74, 6) is 3.13. The van der Waals surface area contributed by atoms with Crippen LogP contribution >= 0.6 is 0 Å². The molecular formula is C33H38NO+. The topological polar surface area (TPSA) is 13.1 Å². The lowest BCUT2D eigenvalue weighted by Crippen LogP contribution is -2.32. The summed E-state index contributed by atoms with van der Waals surface area (Å²) in [6.07, 6.45) is 7.45. The maximum atomic E-state index is 6.88. The summed E-state index contributed by atoms with van der Waals surface area (Å²) in [4.78, 5) is 0. The van der Waals surface area contributed by atoms with E-state index in [1.165, 1.54) is 80.7 Å². The first-order valence-electron chi connectivity index (χ1n) is 13.4. The second-order valence-corrected chi connectivity index (χ2v) is 12.3. The smallest absolute Gasteiger partial charge is 0.257 e. The van der Waals surface area contributed by atoms with Gasteiger partial charge in [-0.05, 0) is 103 Å². The Bertz CT molecular complexity index is 1500. The van der Waals surface area contributed by atoms with Crippen molar-refractivity contribution in [1.29, 1.82) is 0 Å². The van der Waals surface area contributed by atoms with Crippen LogP contribution < -0.4 is 9.30 Å². The third-order valence-corrected chi connectivity index (χ3v) is 8.89. The minimum absolute atomic E-state index is 0.455. The van der Waals surface area contributed by atoms with Gasteiger partial charge in [-0.3, -0.25) is 0 Å². The molecule has 0 bridgehead atoms. The van der Waals surface area contributed by atoms with Gasteiger partial charge in [0.25, 0.3) is 5.69 Å². The second kappa shape index (κ2) is 7.82. The zero-order valence-corrected chi connectivity index (χ0v) is 22.4. The maximum absolute atomic E-state index is 6.88. The first-order valence-corrected chi connectivity index (χ1v) is 13.4. The number of rotatable bonds is 2. The Morgan fingerprint density at radius 3 is 2.43 bits per heavy atom. The van der Waals surface area contributed by atoms with E-state index in [1.54, 1.807) is 0 Å². The molecular weight excluding hydrogens is 426 g/mol. The summed E-state index contributed by atoms with van der Waals surface area (Å²) in [7, 11) is 2.17. The van der Waals surface area contributed by atoms with Gasteiger partial charge in [0.15, 0.2) is 6.20 Å². The first kappa shape index (κ1) is 22.6. The molecule has 0 atom stereocenters. The van der Waals surface area contributed by atoms with Gasteiger partial charge in [0, 0.05) is 16.2 Å². The molecule has 0 radical (unpaired) electrons. The van der Waals surface area contributed by atoms with Crippen LogP contribution in [-0.4, -0.2) is 0 Å². The Hall–Kier alpha value is -2.87. The Morgan fingerprint density at radius 2 is 1.71 bits per heavy atom. The minimum Gasteiger partial charge on any atom is -0.449 e. The standard InChI is InChI=1S/C33H38NO/c1-19(2)25-15-26-14-20(3)21(4)29-30(26)28(17-25)35-32-27-16-23(22-10-12-33(5,6)13-11-22)8-9-24(27)18-34(7)31(29)32/h8-9,14-19,22H,10-13H2,1-7H3/q+1. The summed E-state index contributed by atoms with van der Waals surface area (Å²) < 4.78 is 9.16. The van der Waals surface area contributed by atoms with E-state index in [0.717, 1.165) is 11.5 Å². The zero-order chi connectivity index (χ0) is 24.6. The Kier molecular flexibility index (Phi) is 5.04. The third kappa shape index (κ3) is 3.56. The lowest BCUT2D eigenvalue weighted by Gasteiger charge is -2.34. The SMILES string of the molecule is Cc1cc2cc(C(C)C)cc3c2c(c1C)-c1c(c2cc(C4CCC(C)(C)CC4)ccc2c[n+]1C)O3. The molecule has 1 saturated carbocycles. The summed E-state index contributed by atoms with van der Waals surface area (Å²) in [5, 5.41) is 5.03. The Balaban J connectivity index is 1.60. The molecule has 0 unspecified atom stereocenters. The van der Waals surface area contributed by atoms with Crippen molar-refractivity contribution < 1.29 is 9.30 Å². The number of fused-ring (bicyclic) bond motifs is 4. The van der Waals surface area contributed by atoms with Gasteiger partial charge in [0.05, 0.1) is 5.56 Å². The highest BCUT2D eigenvalue weighted by atomic mass is 16.5. The molecule has 180 valence electrons. The number of pyridine rings is 1. The highest BCUT2D eigenvalue weighted by Crippen LogP contribution is 2.51. The molecule has 0 saturated heterocycles. The summed E-state index contributed by atoms with van der Waals surface area (Å²) in [6, 6.07) is 14.1. The van der Waals surface area contributed by atoms with Crippen LogP contribution in [0.1, 0.15) is 87.5 Å². The number of ether oxygens (including phenoxy) is 1. The lowest BCUT2D eigenvalue weighted by atomic mass is 9.71. The molecule has 0 spiro atoms. The second-order valence-electron chi connectivity index (χ2n) is 12.3. The molecule has 2 aliphatic rings. The first-order chi connectivity index (χ1) is 16.6. The van der Waals surface area contributed by atoms with Gasteiger partial charge in [-0.25, -0.2) is 0 Å². The predicted molar refractivity (Wildman–Crippen MR) is 147 cm³/mol. The van der Waals surface area contributed by atoms with Crippen LogP contribution in [0.3, 0.4) is 0 Å². The van der Waals surface area contributed by atoms with Crippen LogP contribution in [0.5, 0.6) is 11.5 Å². The van der Waals surface area contributed by atoms with Gasteiger partial charge in [-0.2, -0.15) is 4.57 Å². The Labute approximate surface area is 209 Å². The fraction of sp³-hybridized carbons (Fsp3) is 0.424. The lowest BCUT2D eigenvalue weighted by molar-refractivity contribution is -0.659. The molecule has 1 aliphatic heterocycles. The highest BCUT2D eigenvalue weighted by Gasteiger charge is 2.33. The largest absolute Gasteiger partial charge is 0.449 e. The molecule has 1 aromatic heterocycles. The van der Waals surface area contributed by atoms with Crippen LogP contribution in [0, 0.1) is 19.3 Å². The van der Waals surface area contributed by atoms with Crippen molar-refractivity contribution in [3.05, 3.63) is 64.8 Å². The van der Waals surface area contributed by atoms with Crippen molar-refractivity contribution in [2.24, 2.45) is 12.5 Å². The quantitative estimate of drug-likeness (QED) is 0.238. The zero-order valence-electron chi connectivity index (χ0n) is 22.4. The van der Waals surface area contributed by atoms with Crippen molar-refractivity contribution in [2.45, 2.75) is 79.1 Å². The number of benzene rings is 3. The molecule has 2 heteroatoms. The van der Waals surface area contributed by atoms with Crippen molar-refractivity contribution in [3.8, 4) is 22.8 Å². The number of aromatic nitrogens is 1. The van der Waals surface area contributed by atoms with Gasteiger partial charge in [0.2, 0.25) is 5.75 Å². The molecule has 2 heterocycles. The van der Waals surface area contributed by atoms with Crippen LogP contribution in [0.25, 0.3) is 32.8 Å². The highest BCUT2D eigenvalue weighted by molar-refractivity contribution is 6.07. The van der Waals surface area contributed by atoms with Crippen LogP contribution in [0.2, 0.25) is 0 Å². The van der Waals surface area contributed by atoms with E-state index >= 15 is 0 Å². The molecule has 35 heavy (non-hydrogen) atoms. The van der Waals surface area contributed by atoms with E-state index < -0.39 is 0 Å². The average molecular weight is 465 g/mol. The molecule has 1 fully saturated rings.